The summed E-state index contributed by atoms with van der Waals surface area (Å²) in [4.78, 5) is 60.9. The maximum atomic E-state index is 13.1. The summed E-state index contributed by atoms with van der Waals surface area (Å²) in [5.74, 6) is -4.69. The fourth-order valence-corrected chi connectivity index (χ4v) is 3.27. The van der Waals surface area contributed by atoms with Gasteiger partial charge in [-0.15, -0.1) is 0 Å². The summed E-state index contributed by atoms with van der Waals surface area (Å²) in [7, 11) is 0. The Morgan fingerprint density at radius 3 is 1.71 bits per heavy atom. The van der Waals surface area contributed by atoms with Gasteiger partial charge in [0.15, 0.2) is 0 Å². The number of carbonyl (C=O) groups excluding carboxylic acids is 3. The van der Waals surface area contributed by atoms with Crippen molar-refractivity contribution in [3.63, 3.8) is 0 Å². The molecule has 0 spiro atoms. The van der Waals surface area contributed by atoms with Crippen LogP contribution in [0.15, 0.2) is 0 Å². The van der Waals surface area contributed by atoms with Gasteiger partial charge in [-0.2, -0.15) is 0 Å². The zero-order valence-corrected chi connectivity index (χ0v) is 21.1. The molecule has 0 aliphatic heterocycles. The van der Waals surface area contributed by atoms with Gasteiger partial charge in [-0.05, 0) is 30.6 Å². The summed E-state index contributed by atoms with van der Waals surface area (Å²) in [6, 6.07) is -4.19. The van der Waals surface area contributed by atoms with Crippen LogP contribution in [0.25, 0.3) is 0 Å². The van der Waals surface area contributed by atoms with Crippen LogP contribution in [0.1, 0.15) is 73.6 Å². The number of aliphatic carboxylic acids is 2. The number of rotatable bonds is 16. The third-order valence-electron chi connectivity index (χ3n) is 5.92. The molecule has 0 aliphatic carbocycles. The van der Waals surface area contributed by atoms with Crippen LogP contribution in [0.4, 0.5) is 0 Å². The Balaban J connectivity index is 5.57. The van der Waals surface area contributed by atoms with E-state index in [2.05, 4.69) is 16.0 Å². The van der Waals surface area contributed by atoms with Gasteiger partial charge in [-0.1, -0.05) is 54.4 Å². The van der Waals surface area contributed by atoms with Gasteiger partial charge in [0.2, 0.25) is 17.7 Å². The van der Waals surface area contributed by atoms with Crippen LogP contribution in [-0.4, -0.2) is 64.0 Å². The normalized spacial score (nSPS) is 16.5. The van der Waals surface area contributed by atoms with Crippen molar-refractivity contribution in [2.24, 2.45) is 23.5 Å². The van der Waals surface area contributed by atoms with E-state index in [1.807, 2.05) is 27.7 Å². The van der Waals surface area contributed by atoms with Gasteiger partial charge in [-0.3, -0.25) is 19.2 Å². The monoisotopic (exact) mass is 486 g/mol. The minimum absolute atomic E-state index is 0.0176. The lowest BCUT2D eigenvalue weighted by Crippen LogP contribution is -2.59. The van der Waals surface area contributed by atoms with E-state index in [4.69, 9.17) is 10.8 Å². The van der Waals surface area contributed by atoms with E-state index in [0.717, 1.165) is 0 Å². The van der Waals surface area contributed by atoms with Crippen LogP contribution in [0.2, 0.25) is 0 Å². The van der Waals surface area contributed by atoms with Crippen molar-refractivity contribution in [1.82, 2.24) is 16.0 Å². The Labute approximate surface area is 201 Å². The molecule has 0 aromatic carbocycles. The van der Waals surface area contributed by atoms with Gasteiger partial charge in [0.05, 0.1) is 6.04 Å². The average molecular weight is 487 g/mol. The van der Waals surface area contributed by atoms with Crippen molar-refractivity contribution in [1.29, 1.82) is 0 Å². The van der Waals surface area contributed by atoms with Gasteiger partial charge in [-0.25, -0.2) is 4.79 Å². The number of carbonyl (C=O) groups is 5. The summed E-state index contributed by atoms with van der Waals surface area (Å²) in [5, 5.41) is 26.1. The topological polar surface area (TPSA) is 188 Å². The summed E-state index contributed by atoms with van der Waals surface area (Å²) in [5.41, 5.74) is 5.76. The molecular formula is C23H42N4O7. The molecule has 0 saturated heterocycles. The van der Waals surface area contributed by atoms with E-state index in [1.54, 1.807) is 13.8 Å². The standard InChI is InChI=1S/C23H42N4O7/c1-7-13(5)18(22(32)27-19(23(33)34)14(6)8-2)26-21(31)16(11-12(3)4)25-20(30)15(24)9-10-17(28)29/h12-16,18-19H,7-11,24H2,1-6H3,(H,25,30)(H,26,31)(H,27,32)(H,28,29)(H,33,34). The average Bonchev–Trinajstić information content (AvgIpc) is 2.76. The van der Waals surface area contributed by atoms with E-state index < -0.39 is 53.8 Å². The van der Waals surface area contributed by atoms with Crippen molar-refractivity contribution >= 4 is 29.7 Å². The lowest BCUT2D eigenvalue weighted by Gasteiger charge is -2.29. The molecule has 11 nitrogen and oxygen atoms in total. The lowest BCUT2D eigenvalue weighted by molar-refractivity contribution is -0.144. The molecule has 34 heavy (non-hydrogen) atoms. The lowest BCUT2D eigenvalue weighted by atomic mass is 9.94. The maximum Gasteiger partial charge on any atom is 0.326 e. The molecule has 6 unspecified atom stereocenters. The van der Waals surface area contributed by atoms with Crippen LogP contribution in [0, 0.1) is 17.8 Å². The fraction of sp³-hybridized carbons (Fsp3) is 0.783. The number of nitrogens with two attached hydrogens (primary N) is 1. The predicted molar refractivity (Wildman–Crippen MR) is 127 cm³/mol. The number of amides is 3. The highest BCUT2D eigenvalue weighted by molar-refractivity contribution is 5.94. The molecule has 0 fully saturated rings. The van der Waals surface area contributed by atoms with Gasteiger partial charge in [0, 0.05) is 6.42 Å². The Morgan fingerprint density at radius 2 is 1.26 bits per heavy atom. The van der Waals surface area contributed by atoms with Crippen LogP contribution < -0.4 is 21.7 Å². The second-order valence-corrected chi connectivity index (χ2v) is 9.31. The molecule has 7 N–H and O–H groups in total. The van der Waals surface area contributed by atoms with Crippen molar-refractivity contribution < 1.29 is 34.2 Å². The molecular weight excluding hydrogens is 444 g/mol. The largest absolute Gasteiger partial charge is 0.481 e. The summed E-state index contributed by atoms with van der Waals surface area (Å²) in [6.45, 7) is 10.9. The molecule has 0 rings (SSSR count). The highest BCUT2D eigenvalue weighted by Crippen LogP contribution is 2.13. The first-order chi connectivity index (χ1) is 15.7. The smallest absolute Gasteiger partial charge is 0.326 e. The van der Waals surface area contributed by atoms with Crippen molar-refractivity contribution in [3.8, 4) is 0 Å². The number of nitrogens with one attached hydrogen (secondary N) is 3. The maximum absolute atomic E-state index is 13.1. The molecule has 0 heterocycles. The van der Waals surface area contributed by atoms with E-state index >= 15 is 0 Å². The van der Waals surface area contributed by atoms with E-state index in [9.17, 15) is 29.1 Å². The second kappa shape index (κ2) is 15.3. The van der Waals surface area contributed by atoms with Crippen LogP contribution in [0.3, 0.4) is 0 Å². The van der Waals surface area contributed by atoms with Crippen molar-refractivity contribution in [3.05, 3.63) is 0 Å². The van der Waals surface area contributed by atoms with Gasteiger partial charge >= 0.3 is 11.9 Å². The van der Waals surface area contributed by atoms with E-state index in [0.29, 0.717) is 12.8 Å². The third-order valence-corrected chi connectivity index (χ3v) is 5.92. The predicted octanol–water partition coefficient (Wildman–Crippen LogP) is 0.856. The minimum Gasteiger partial charge on any atom is -0.481 e. The molecule has 6 atom stereocenters. The number of hydrogen-bond donors (Lipinski definition) is 6. The minimum atomic E-state index is -1.16. The highest BCUT2D eigenvalue weighted by Gasteiger charge is 2.34. The molecule has 3 amide bonds. The molecule has 11 heteroatoms. The van der Waals surface area contributed by atoms with Crippen molar-refractivity contribution in [2.75, 3.05) is 0 Å². The molecule has 0 saturated carbocycles. The molecule has 0 aliphatic rings. The highest BCUT2D eigenvalue weighted by atomic mass is 16.4. The van der Waals surface area contributed by atoms with Gasteiger partial charge < -0.3 is 31.9 Å². The van der Waals surface area contributed by atoms with Crippen molar-refractivity contribution in [2.45, 2.75) is 97.8 Å². The van der Waals surface area contributed by atoms with Crippen LogP contribution in [-0.2, 0) is 24.0 Å². The Bertz CT molecular complexity index is 713. The van der Waals surface area contributed by atoms with E-state index in [1.165, 1.54) is 0 Å². The zero-order valence-electron chi connectivity index (χ0n) is 21.1. The van der Waals surface area contributed by atoms with Crippen LogP contribution in [0.5, 0.6) is 0 Å². The molecule has 0 radical (unpaired) electrons. The first-order valence-electron chi connectivity index (χ1n) is 11.9. The Morgan fingerprint density at radius 1 is 0.765 bits per heavy atom. The van der Waals surface area contributed by atoms with Crippen LogP contribution >= 0.6 is 0 Å². The van der Waals surface area contributed by atoms with Gasteiger partial charge in [0.1, 0.15) is 18.1 Å². The number of hydrogen-bond acceptors (Lipinski definition) is 6. The van der Waals surface area contributed by atoms with Gasteiger partial charge in [0.25, 0.3) is 0 Å². The molecule has 0 aromatic heterocycles. The molecule has 196 valence electrons. The Hall–Kier alpha value is -2.69. The Kier molecular flexibility index (Phi) is 14.1. The SMILES string of the molecule is CCC(C)C(NC(=O)C(NC(=O)C(CC(C)C)NC(=O)C(N)CCC(=O)O)C(C)CC)C(=O)O. The zero-order chi connectivity index (χ0) is 26.6. The first-order valence-corrected chi connectivity index (χ1v) is 11.9. The summed E-state index contributed by atoms with van der Waals surface area (Å²) in [6.07, 6.45) is 0.986. The summed E-state index contributed by atoms with van der Waals surface area (Å²) >= 11 is 0. The first kappa shape index (κ1) is 31.3. The molecule has 0 bridgehead atoms. The fourth-order valence-electron chi connectivity index (χ4n) is 3.27. The number of carboxylic acid groups (broad SMARTS) is 2. The third kappa shape index (κ3) is 11.0. The quantitative estimate of drug-likeness (QED) is 0.185. The summed E-state index contributed by atoms with van der Waals surface area (Å²) < 4.78 is 0. The molecule has 0 aromatic rings. The van der Waals surface area contributed by atoms with E-state index in [-0.39, 0.29) is 37.0 Å². The number of carboxylic acids is 2. The second-order valence-electron chi connectivity index (χ2n) is 9.31.